The molecule has 7 nitrogen and oxygen atoms in total. The fourth-order valence-electron chi connectivity index (χ4n) is 3.18. The Balaban J connectivity index is 1.52. The second-order valence-corrected chi connectivity index (χ2v) is 7.73. The number of carbonyl (C=O) groups excluding carboxylic acids is 1. The van der Waals surface area contributed by atoms with Crippen molar-refractivity contribution >= 4 is 32.6 Å². The van der Waals surface area contributed by atoms with E-state index in [1.165, 1.54) is 11.3 Å². The Labute approximate surface area is 183 Å². The van der Waals surface area contributed by atoms with E-state index in [9.17, 15) is 4.79 Å². The zero-order valence-corrected chi connectivity index (χ0v) is 17.9. The van der Waals surface area contributed by atoms with E-state index in [-0.39, 0.29) is 11.9 Å². The third kappa shape index (κ3) is 4.70. The quantitative estimate of drug-likeness (QED) is 0.310. The lowest BCUT2D eigenvalue weighted by atomic mass is 9.98. The van der Waals surface area contributed by atoms with E-state index in [1.54, 1.807) is 26.3 Å². The third-order valence-corrected chi connectivity index (χ3v) is 5.68. The molecule has 0 saturated heterocycles. The lowest BCUT2D eigenvalue weighted by Gasteiger charge is -2.17. The molecule has 2 N–H and O–H groups in total. The molecule has 0 aliphatic carbocycles. The van der Waals surface area contributed by atoms with Crippen LogP contribution in [-0.2, 0) is 0 Å². The van der Waals surface area contributed by atoms with Crippen LogP contribution >= 0.6 is 11.3 Å². The predicted octanol–water partition coefficient (Wildman–Crippen LogP) is 5.23. The number of rotatable bonds is 7. The monoisotopic (exact) mass is 431 g/mol. The van der Waals surface area contributed by atoms with E-state index in [0.29, 0.717) is 10.7 Å². The van der Waals surface area contributed by atoms with Crippen LogP contribution in [0.5, 0.6) is 5.75 Å². The van der Waals surface area contributed by atoms with Gasteiger partial charge >= 0.3 is 0 Å². The lowest BCUT2D eigenvalue weighted by Crippen LogP contribution is -2.17. The number of hydrogen-bond donors (Lipinski definition) is 2. The van der Waals surface area contributed by atoms with Gasteiger partial charge in [0.25, 0.3) is 5.91 Å². The second kappa shape index (κ2) is 9.36. The van der Waals surface area contributed by atoms with Crippen molar-refractivity contribution in [3.63, 3.8) is 0 Å². The maximum absolute atomic E-state index is 12.7. The first kappa shape index (κ1) is 20.5. The summed E-state index contributed by atoms with van der Waals surface area (Å²) in [5.41, 5.74) is 6.44. The van der Waals surface area contributed by atoms with Gasteiger partial charge in [-0.2, -0.15) is 5.11 Å². The van der Waals surface area contributed by atoms with E-state index < -0.39 is 0 Å². The minimum absolute atomic E-state index is 0.166. The standard InChI is InChI=1S/C23H21N5O2S/c1-24-28-27-21(15-6-4-3-5-7-15)16-8-10-17(11-9-16)22(29)26-23-25-19-13-12-18(30-2)14-20(19)31-23/h3-14,21H,1-2H3,(H,24,27)(H,25,26,29). The molecule has 1 unspecified atom stereocenters. The van der Waals surface area contributed by atoms with Gasteiger partial charge in [0.1, 0.15) is 5.75 Å². The molecule has 8 heteroatoms. The first-order valence-corrected chi connectivity index (χ1v) is 10.4. The number of thiazole rings is 1. The number of ether oxygens (including phenoxy) is 1. The second-order valence-electron chi connectivity index (χ2n) is 6.70. The number of nitrogens with one attached hydrogen (secondary N) is 2. The van der Waals surface area contributed by atoms with Crippen molar-refractivity contribution in [3.8, 4) is 5.75 Å². The number of carbonyl (C=O) groups is 1. The molecule has 4 aromatic rings. The van der Waals surface area contributed by atoms with Gasteiger partial charge in [-0.1, -0.05) is 59.0 Å². The molecular formula is C23H21N5O2S. The topological polar surface area (TPSA) is 88.0 Å². The highest BCUT2D eigenvalue weighted by Crippen LogP contribution is 2.29. The lowest BCUT2D eigenvalue weighted by molar-refractivity contribution is 0.102. The SMILES string of the molecule is CN=NNC(c1ccccc1)c1ccc(C(=O)Nc2nc3ccc(OC)cc3s2)cc1. The van der Waals surface area contributed by atoms with Crippen molar-refractivity contribution in [1.29, 1.82) is 0 Å². The summed E-state index contributed by atoms with van der Waals surface area (Å²) in [5, 5.41) is 11.2. The number of amides is 1. The summed E-state index contributed by atoms with van der Waals surface area (Å²) in [7, 11) is 3.23. The molecule has 0 aliphatic heterocycles. The Kier molecular flexibility index (Phi) is 6.18. The Hall–Kier alpha value is -3.78. The van der Waals surface area contributed by atoms with E-state index >= 15 is 0 Å². The fourth-order valence-corrected chi connectivity index (χ4v) is 4.07. The van der Waals surface area contributed by atoms with Crippen molar-refractivity contribution in [2.24, 2.45) is 10.3 Å². The fraction of sp³-hybridized carbons (Fsp3) is 0.130. The molecule has 1 amide bonds. The molecule has 0 bridgehead atoms. The maximum atomic E-state index is 12.7. The number of fused-ring (bicyclic) bond motifs is 1. The number of aromatic nitrogens is 1. The summed E-state index contributed by atoms with van der Waals surface area (Å²) < 4.78 is 6.19. The van der Waals surface area contributed by atoms with Crippen LogP contribution in [0.25, 0.3) is 10.2 Å². The molecule has 0 radical (unpaired) electrons. The first-order valence-electron chi connectivity index (χ1n) is 9.63. The zero-order chi connectivity index (χ0) is 21.6. The Bertz CT molecular complexity index is 1210. The van der Waals surface area contributed by atoms with Crippen molar-refractivity contribution in [2.75, 3.05) is 19.5 Å². The molecule has 31 heavy (non-hydrogen) atoms. The zero-order valence-electron chi connectivity index (χ0n) is 17.1. The van der Waals surface area contributed by atoms with Crippen LogP contribution in [-0.4, -0.2) is 25.0 Å². The Morgan fingerprint density at radius 3 is 2.48 bits per heavy atom. The minimum Gasteiger partial charge on any atom is -0.497 e. The molecule has 4 rings (SSSR count). The maximum Gasteiger partial charge on any atom is 0.257 e. The highest BCUT2D eigenvalue weighted by molar-refractivity contribution is 7.22. The van der Waals surface area contributed by atoms with Crippen LogP contribution in [0, 0.1) is 0 Å². The van der Waals surface area contributed by atoms with Gasteiger partial charge in [0, 0.05) is 5.56 Å². The van der Waals surface area contributed by atoms with Crippen molar-refractivity contribution in [3.05, 3.63) is 89.5 Å². The molecule has 1 heterocycles. The highest BCUT2D eigenvalue weighted by atomic mass is 32.1. The number of hydrogen-bond acceptors (Lipinski definition) is 6. The number of methoxy groups -OCH3 is 1. The molecular weight excluding hydrogens is 410 g/mol. The smallest absolute Gasteiger partial charge is 0.257 e. The summed E-state index contributed by atoms with van der Waals surface area (Å²) in [6, 6.07) is 22.8. The van der Waals surface area contributed by atoms with Gasteiger partial charge in [0.15, 0.2) is 5.13 Å². The van der Waals surface area contributed by atoms with Crippen LogP contribution in [0.15, 0.2) is 83.1 Å². The molecule has 0 aliphatic rings. The molecule has 0 saturated carbocycles. The molecule has 1 atom stereocenters. The van der Waals surface area contributed by atoms with Crippen molar-refractivity contribution in [1.82, 2.24) is 10.4 Å². The van der Waals surface area contributed by atoms with E-state index in [1.807, 2.05) is 60.7 Å². The summed E-state index contributed by atoms with van der Waals surface area (Å²) in [6.45, 7) is 0. The van der Waals surface area contributed by atoms with Gasteiger partial charge in [-0.25, -0.2) is 4.98 Å². The molecule has 3 aromatic carbocycles. The third-order valence-electron chi connectivity index (χ3n) is 4.74. The van der Waals surface area contributed by atoms with Gasteiger partial charge in [-0.05, 0) is 41.5 Å². The van der Waals surface area contributed by atoms with Crippen molar-refractivity contribution in [2.45, 2.75) is 6.04 Å². The number of nitrogens with zero attached hydrogens (tertiary/aromatic N) is 3. The van der Waals surface area contributed by atoms with Gasteiger partial charge in [0.05, 0.1) is 30.4 Å². The van der Waals surface area contributed by atoms with Crippen LogP contribution in [0.1, 0.15) is 27.5 Å². The average Bonchev–Trinajstić information content (AvgIpc) is 3.21. The molecule has 0 fully saturated rings. The largest absolute Gasteiger partial charge is 0.497 e. The number of benzene rings is 3. The highest BCUT2D eigenvalue weighted by Gasteiger charge is 2.15. The van der Waals surface area contributed by atoms with Gasteiger partial charge in [-0.3, -0.25) is 15.5 Å². The predicted molar refractivity (Wildman–Crippen MR) is 123 cm³/mol. The van der Waals surface area contributed by atoms with Gasteiger partial charge in [-0.15, -0.1) is 0 Å². The molecule has 0 spiro atoms. The van der Waals surface area contributed by atoms with Gasteiger partial charge < -0.3 is 4.74 Å². The molecule has 1 aromatic heterocycles. The minimum atomic E-state index is -0.213. The molecule has 156 valence electrons. The Morgan fingerprint density at radius 1 is 1.03 bits per heavy atom. The summed E-state index contributed by atoms with van der Waals surface area (Å²) >= 11 is 1.41. The summed E-state index contributed by atoms with van der Waals surface area (Å²) in [6.07, 6.45) is 0. The Morgan fingerprint density at radius 2 is 1.77 bits per heavy atom. The van der Waals surface area contributed by atoms with Crippen molar-refractivity contribution < 1.29 is 9.53 Å². The van der Waals surface area contributed by atoms with E-state index in [0.717, 1.165) is 27.1 Å². The summed E-state index contributed by atoms with van der Waals surface area (Å²) in [4.78, 5) is 17.2. The summed E-state index contributed by atoms with van der Waals surface area (Å²) in [5.74, 6) is 0.545. The van der Waals surface area contributed by atoms with E-state index in [4.69, 9.17) is 4.74 Å². The van der Waals surface area contributed by atoms with Crippen LogP contribution in [0.3, 0.4) is 0 Å². The number of anilines is 1. The average molecular weight is 432 g/mol. The van der Waals surface area contributed by atoms with E-state index in [2.05, 4.69) is 26.1 Å². The first-order chi connectivity index (χ1) is 15.2. The van der Waals surface area contributed by atoms with Gasteiger partial charge in [0.2, 0.25) is 0 Å². The van der Waals surface area contributed by atoms with Crippen LogP contribution < -0.4 is 15.5 Å². The normalized spacial score (nSPS) is 12.1. The van der Waals surface area contributed by atoms with Crippen LogP contribution in [0.2, 0.25) is 0 Å². The van der Waals surface area contributed by atoms with Crippen LogP contribution in [0.4, 0.5) is 5.13 Å².